The second-order valence-electron chi connectivity index (χ2n) is 4.61. The fraction of sp³-hybridized carbons (Fsp3) is 0.692. The molecule has 0 aromatic rings. The van der Waals surface area contributed by atoms with Crippen molar-refractivity contribution in [3.63, 3.8) is 0 Å². The first-order chi connectivity index (χ1) is 6.10. The van der Waals surface area contributed by atoms with E-state index in [0.29, 0.717) is 5.41 Å². The van der Waals surface area contributed by atoms with E-state index in [9.17, 15) is 0 Å². The Kier molecular flexibility index (Phi) is 3.35. The van der Waals surface area contributed by atoms with Crippen LogP contribution in [-0.2, 0) is 0 Å². The van der Waals surface area contributed by atoms with Crippen LogP contribution in [0.2, 0.25) is 0 Å². The zero-order chi connectivity index (χ0) is 9.90. The number of allylic oxidation sites excluding steroid dienone is 4. The Bertz CT molecular complexity index is 228. The topological polar surface area (TPSA) is 0 Å². The molecular weight excluding hydrogens is 156 g/mol. The highest BCUT2D eigenvalue weighted by molar-refractivity contribution is 5.27. The number of hydrogen-bond donors (Lipinski definition) is 0. The molecule has 0 aromatic heterocycles. The van der Waals surface area contributed by atoms with Gasteiger partial charge >= 0.3 is 0 Å². The van der Waals surface area contributed by atoms with Crippen molar-refractivity contribution in [3.05, 3.63) is 23.3 Å². The Morgan fingerprint density at radius 2 is 1.85 bits per heavy atom. The first-order valence-electron chi connectivity index (χ1n) is 5.49. The van der Waals surface area contributed by atoms with Crippen molar-refractivity contribution in [1.29, 1.82) is 0 Å². The minimum atomic E-state index is 0.412. The molecule has 1 rings (SSSR count). The molecule has 0 nitrogen and oxygen atoms in total. The van der Waals surface area contributed by atoms with Crippen LogP contribution in [0.25, 0.3) is 0 Å². The van der Waals surface area contributed by atoms with Crippen LogP contribution >= 0.6 is 0 Å². The van der Waals surface area contributed by atoms with Gasteiger partial charge in [-0.25, -0.2) is 0 Å². The van der Waals surface area contributed by atoms with E-state index in [-0.39, 0.29) is 0 Å². The lowest BCUT2D eigenvalue weighted by Gasteiger charge is -2.29. The van der Waals surface area contributed by atoms with E-state index in [1.165, 1.54) is 25.7 Å². The van der Waals surface area contributed by atoms with Gasteiger partial charge in [-0.1, -0.05) is 51.0 Å². The highest BCUT2D eigenvalue weighted by Gasteiger charge is 2.21. The molecule has 0 aromatic carbocycles. The van der Waals surface area contributed by atoms with Gasteiger partial charge in [0.2, 0.25) is 0 Å². The van der Waals surface area contributed by atoms with Gasteiger partial charge in [-0.2, -0.15) is 0 Å². The Morgan fingerprint density at radius 3 is 2.23 bits per heavy atom. The normalized spacial score (nSPS) is 18.2. The van der Waals surface area contributed by atoms with E-state index in [4.69, 9.17) is 0 Å². The van der Waals surface area contributed by atoms with Crippen molar-refractivity contribution in [3.8, 4) is 0 Å². The summed E-state index contributed by atoms with van der Waals surface area (Å²) in [5.74, 6) is 0. The van der Waals surface area contributed by atoms with Gasteiger partial charge in [-0.3, -0.25) is 0 Å². The third-order valence-corrected chi connectivity index (χ3v) is 3.44. The lowest BCUT2D eigenvalue weighted by atomic mass is 9.77. The molecule has 0 spiro atoms. The third kappa shape index (κ3) is 2.46. The summed E-state index contributed by atoms with van der Waals surface area (Å²) in [5.41, 5.74) is 3.65. The van der Waals surface area contributed by atoms with Crippen molar-refractivity contribution in [1.82, 2.24) is 0 Å². The lowest BCUT2D eigenvalue weighted by molar-refractivity contribution is 0.411. The summed E-state index contributed by atoms with van der Waals surface area (Å²) in [7, 11) is 0. The third-order valence-electron chi connectivity index (χ3n) is 3.44. The predicted octanol–water partition coefficient (Wildman–Crippen LogP) is 4.48. The van der Waals surface area contributed by atoms with E-state index >= 15 is 0 Å². The molecule has 0 N–H and O–H groups in total. The molecule has 0 radical (unpaired) electrons. The van der Waals surface area contributed by atoms with Gasteiger partial charge in [-0.15, -0.1) is 0 Å². The van der Waals surface area contributed by atoms with Crippen LogP contribution in [-0.4, -0.2) is 0 Å². The minimum Gasteiger partial charge on any atom is -0.0702 e. The quantitative estimate of drug-likeness (QED) is 0.597. The van der Waals surface area contributed by atoms with Crippen molar-refractivity contribution < 1.29 is 0 Å². The van der Waals surface area contributed by atoms with E-state index in [2.05, 4.69) is 39.8 Å². The van der Waals surface area contributed by atoms with Crippen LogP contribution in [0.1, 0.15) is 53.4 Å². The molecule has 0 fully saturated rings. The van der Waals surface area contributed by atoms with Gasteiger partial charge in [0.25, 0.3) is 0 Å². The van der Waals surface area contributed by atoms with Crippen LogP contribution in [0.4, 0.5) is 0 Å². The van der Waals surface area contributed by atoms with Crippen molar-refractivity contribution >= 4 is 0 Å². The molecule has 1 aliphatic rings. The van der Waals surface area contributed by atoms with Crippen LogP contribution in [0.3, 0.4) is 0 Å². The van der Waals surface area contributed by atoms with Crippen molar-refractivity contribution in [2.75, 3.05) is 0 Å². The smallest absolute Gasteiger partial charge is 0.0144 e. The molecule has 0 aliphatic heterocycles. The molecule has 13 heavy (non-hydrogen) atoms. The average molecular weight is 178 g/mol. The van der Waals surface area contributed by atoms with E-state index in [1.54, 1.807) is 11.1 Å². The Morgan fingerprint density at radius 1 is 1.15 bits per heavy atom. The number of hydrogen-bond acceptors (Lipinski definition) is 0. The molecule has 1 aliphatic carbocycles. The molecule has 0 heterocycles. The Labute approximate surface area is 82.7 Å². The maximum absolute atomic E-state index is 2.35. The molecule has 0 saturated carbocycles. The molecular formula is C13H22. The van der Waals surface area contributed by atoms with Crippen LogP contribution in [0.5, 0.6) is 0 Å². The number of rotatable bonds is 3. The highest BCUT2D eigenvalue weighted by atomic mass is 14.3. The Balaban J connectivity index is 2.75. The van der Waals surface area contributed by atoms with Crippen LogP contribution < -0.4 is 0 Å². The second-order valence-corrected chi connectivity index (χ2v) is 4.61. The van der Waals surface area contributed by atoms with Gasteiger partial charge in [0.1, 0.15) is 0 Å². The molecule has 0 heteroatoms. The predicted molar refractivity (Wildman–Crippen MR) is 59.8 cm³/mol. The summed E-state index contributed by atoms with van der Waals surface area (Å²) in [6.45, 7) is 9.22. The average Bonchev–Trinajstić information content (AvgIpc) is 2.18. The minimum absolute atomic E-state index is 0.412. The first kappa shape index (κ1) is 10.6. The molecule has 0 unspecified atom stereocenters. The summed E-state index contributed by atoms with van der Waals surface area (Å²) in [5, 5.41) is 0. The van der Waals surface area contributed by atoms with Gasteiger partial charge < -0.3 is 0 Å². The van der Waals surface area contributed by atoms with Gasteiger partial charge in [0, 0.05) is 0 Å². The van der Waals surface area contributed by atoms with Crippen molar-refractivity contribution in [2.45, 2.75) is 53.4 Å². The SMILES string of the molecule is CCC1=CC=C(C(C)(C)CC)CC1. The molecule has 0 amide bonds. The lowest BCUT2D eigenvalue weighted by Crippen LogP contribution is -2.14. The second kappa shape index (κ2) is 4.13. The van der Waals surface area contributed by atoms with E-state index in [0.717, 1.165) is 0 Å². The molecule has 0 atom stereocenters. The fourth-order valence-electron chi connectivity index (χ4n) is 1.77. The van der Waals surface area contributed by atoms with E-state index < -0.39 is 0 Å². The van der Waals surface area contributed by atoms with Crippen molar-refractivity contribution in [2.24, 2.45) is 5.41 Å². The highest BCUT2D eigenvalue weighted by Crippen LogP contribution is 2.36. The molecule has 74 valence electrons. The summed E-state index contributed by atoms with van der Waals surface area (Å²) < 4.78 is 0. The fourth-order valence-corrected chi connectivity index (χ4v) is 1.77. The molecule has 0 saturated heterocycles. The largest absolute Gasteiger partial charge is 0.0702 e. The van der Waals surface area contributed by atoms with Crippen LogP contribution in [0, 0.1) is 5.41 Å². The summed E-state index contributed by atoms with van der Waals surface area (Å²) >= 11 is 0. The van der Waals surface area contributed by atoms with Gasteiger partial charge in [0.15, 0.2) is 0 Å². The zero-order valence-electron chi connectivity index (χ0n) is 9.48. The summed E-state index contributed by atoms with van der Waals surface area (Å²) in [6.07, 6.45) is 9.71. The summed E-state index contributed by atoms with van der Waals surface area (Å²) in [4.78, 5) is 0. The van der Waals surface area contributed by atoms with Crippen LogP contribution in [0.15, 0.2) is 23.3 Å². The standard InChI is InChI=1S/C13H22/c1-5-11-7-9-12(10-8-11)13(3,4)6-2/h7,9H,5-6,8,10H2,1-4H3. The zero-order valence-corrected chi connectivity index (χ0v) is 9.48. The van der Waals surface area contributed by atoms with Gasteiger partial charge in [0.05, 0.1) is 0 Å². The monoisotopic (exact) mass is 178 g/mol. The summed E-state index contributed by atoms with van der Waals surface area (Å²) in [6, 6.07) is 0. The molecule has 0 bridgehead atoms. The maximum Gasteiger partial charge on any atom is -0.0144 e. The van der Waals surface area contributed by atoms with E-state index in [1.807, 2.05) is 0 Å². The first-order valence-corrected chi connectivity index (χ1v) is 5.49. The van der Waals surface area contributed by atoms with Gasteiger partial charge in [-0.05, 0) is 31.1 Å². The Hall–Kier alpha value is -0.520. The maximum atomic E-state index is 2.35.